The zero-order valence-electron chi connectivity index (χ0n) is 8.95. The number of halogens is 1. The lowest BCUT2D eigenvalue weighted by molar-refractivity contribution is 0.0698. The third-order valence-electron chi connectivity index (χ3n) is 2.55. The fourth-order valence-corrected chi connectivity index (χ4v) is 3.45. The number of benzene rings is 1. The van der Waals surface area contributed by atoms with E-state index in [-0.39, 0.29) is 0 Å². The Labute approximate surface area is 106 Å². The molecule has 0 fully saturated rings. The first-order chi connectivity index (χ1) is 7.50. The lowest BCUT2D eigenvalue weighted by Crippen LogP contribution is -1.95. The average Bonchev–Trinajstić information content (AvgIpc) is 2.51. The number of carboxylic acid groups (broad SMARTS) is 1. The molecule has 0 saturated heterocycles. The van der Waals surface area contributed by atoms with Crippen LogP contribution in [0, 0.1) is 0 Å². The van der Waals surface area contributed by atoms with E-state index in [4.69, 9.17) is 5.11 Å². The highest BCUT2D eigenvalue weighted by atomic mass is 79.9. The summed E-state index contributed by atoms with van der Waals surface area (Å²) in [5.74, 6) is -0.469. The molecule has 1 heterocycles. The first-order valence-corrected chi connectivity index (χ1v) is 6.57. The predicted molar refractivity (Wildman–Crippen MR) is 70.6 cm³/mol. The van der Waals surface area contributed by atoms with Gasteiger partial charge in [0.15, 0.2) is 0 Å². The van der Waals surface area contributed by atoms with Gasteiger partial charge in [0.2, 0.25) is 0 Å². The minimum absolute atomic E-state index is 0.377. The van der Waals surface area contributed by atoms with Gasteiger partial charge in [-0.3, -0.25) is 0 Å². The summed E-state index contributed by atoms with van der Waals surface area (Å²) in [6.45, 7) is 4.20. The van der Waals surface area contributed by atoms with Gasteiger partial charge in [-0.15, -0.1) is 11.3 Å². The summed E-state index contributed by atoms with van der Waals surface area (Å²) in [5, 5.41) is 9.99. The zero-order valence-corrected chi connectivity index (χ0v) is 11.4. The van der Waals surface area contributed by atoms with Crippen LogP contribution in [-0.4, -0.2) is 11.1 Å². The number of thiophene rings is 1. The summed E-state index contributed by atoms with van der Waals surface area (Å²) in [6.07, 6.45) is 0. The van der Waals surface area contributed by atoms with Crippen molar-refractivity contribution in [3.8, 4) is 0 Å². The van der Waals surface area contributed by atoms with Crippen molar-refractivity contribution in [1.82, 2.24) is 0 Å². The van der Waals surface area contributed by atoms with Crippen LogP contribution in [0.15, 0.2) is 22.0 Å². The molecule has 0 bridgehead atoms. The average molecular weight is 299 g/mol. The first-order valence-electron chi connectivity index (χ1n) is 4.96. The SMILES string of the molecule is CC(C)c1ccc2sc(Br)c(C(=O)O)c2c1. The van der Waals surface area contributed by atoms with Gasteiger partial charge in [-0.05, 0) is 39.5 Å². The number of aromatic carboxylic acids is 1. The Bertz CT molecular complexity index is 557. The van der Waals surface area contributed by atoms with Crippen LogP contribution in [0.5, 0.6) is 0 Å². The molecule has 1 aromatic carbocycles. The van der Waals surface area contributed by atoms with Crippen LogP contribution in [-0.2, 0) is 0 Å². The predicted octanol–water partition coefficient (Wildman–Crippen LogP) is 4.49. The van der Waals surface area contributed by atoms with Crippen molar-refractivity contribution in [2.24, 2.45) is 0 Å². The maximum Gasteiger partial charge on any atom is 0.338 e. The number of hydrogen-bond donors (Lipinski definition) is 1. The molecule has 1 aromatic heterocycles. The molecule has 0 amide bonds. The quantitative estimate of drug-likeness (QED) is 0.887. The molecule has 0 aliphatic rings. The number of carboxylic acids is 1. The van der Waals surface area contributed by atoms with Gasteiger partial charge in [-0.2, -0.15) is 0 Å². The Morgan fingerprint density at radius 2 is 2.12 bits per heavy atom. The minimum atomic E-state index is -0.876. The summed E-state index contributed by atoms with van der Waals surface area (Å²) in [7, 11) is 0. The lowest BCUT2D eigenvalue weighted by Gasteiger charge is -2.04. The summed E-state index contributed by atoms with van der Waals surface area (Å²) in [6, 6.07) is 6.03. The Morgan fingerprint density at radius 1 is 1.44 bits per heavy atom. The number of hydrogen-bond acceptors (Lipinski definition) is 2. The molecule has 2 rings (SSSR count). The molecule has 1 N–H and O–H groups in total. The van der Waals surface area contributed by atoms with Gasteiger partial charge < -0.3 is 5.11 Å². The zero-order chi connectivity index (χ0) is 11.9. The maximum atomic E-state index is 11.2. The molecule has 0 radical (unpaired) electrons. The monoisotopic (exact) mass is 298 g/mol. The van der Waals surface area contributed by atoms with Crippen LogP contribution in [0.4, 0.5) is 0 Å². The molecule has 2 aromatic rings. The van der Waals surface area contributed by atoms with E-state index in [0.717, 1.165) is 10.1 Å². The Balaban J connectivity index is 2.74. The lowest BCUT2D eigenvalue weighted by atomic mass is 10.0. The van der Waals surface area contributed by atoms with E-state index in [1.165, 1.54) is 16.9 Å². The molecule has 0 spiro atoms. The second-order valence-corrected chi connectivity index (χ2v) is 6.34. The Kier molecular flexibility index (Phi) is 3.04. The molecule has 0 aliphatic heterocycles. The molecular formula is C12H11BrO2S. The largest absolute Gasteiger partial charge is 0.478 e. The Hall–Kier alpha value is -0.870. The van der Waals surface area contributed by atoms with E-state index >= 15 is 0 Å². The van der Waals surface area contributed by atoms with Gasteiger partial charge in [0.25, 0.3) is 0 Å². The van der Waals surface area contributed by atoms with Crippen LogP contribution in [0.1, 0.15) is 35.7 Å². The van der Waals surface area contributed by atoms with Gasteiger partial charge in [0.05, 0.1) is 9.35 Å². The highest BCUT2D eigenvalue weighted by Gasteiger charge is 2.17. The standard InChI is InChI=1S/C12H11BrO2S/c1-6(2)7-3-4-9-8(5-7)10(12(14)15)11(13)16-9/h3-6H,1-2H3,(H,14,15). The molecular weight excluding hydrogens is 288 g/mol. The highest BCUT2D eigenvalue weighted by molar-refractivity contribution is 9.11. The van der Waals surface area contributed by atoms with Crippen molar-refractivity contribution in [3.05, 3.63) is 33.1 Å². The van der Waals surface area contributed by atoms with E-state index in [1.807, 2.05) is 12.1 Å². The molecule has 0 unspecified atom stereocenters. The van der Waals surface area contributed by atoms with Gasteiger partial charge >= 0.3 is 5.97 Å². The summed E-state index contributed by atoms with van der Waals surface area (Å²) < 4.78 is 1.70. The van der Waals surface area contributed by atoms with Crippen molar-refractivity contribution in [1.29, 1.82) is 0 Å². The third kappa shape index (κ3) is 1.87. The maximum absolute atomic E-state index is 11.2. The van der Waals surface area contributed by atoms with E-state index in [9.17, 15) is 4.79 Å². The second kappa shape index (κ2) is 4.18. The van der Waals surface area contributed by atoms with Crippen molar-refractivity contribution >= 4 is 43.3 Å². The minimum Gasteiger partial charge on any atom is -0.478 e. The summed E-state index contributed by atoms with van der Waals surface area (Å²) in [4.78, 5) is 11.2. The highest BCUT2D eigenvalue weighted by Crippen LogP contribution is 2.36. The van der Waals surface area contributed by atoms with Crippen molar-refractivity contribution in [2.45, 2.75) is 19.8 Å². The molecule has 0 saturated carbocycles. The first kappa shape index (κ1) is 11.6. The van der Waals surface area contributed by atoms with E-state index < -0.39 is 5.97 Å². The van der Waals surface area contributed by atoms with Crippen LogP contribution in [0.3, 0.4) is 0 Å². The van der Waals surface area contributed by atoms with Crippen molar-refractivity contribution < 1.29 is 9.90 Å². The number of fused-ring (bicyclic) bond motifs is 1. The molecule has 0 atom stereocenters. The van der Waals surface area contributed by atoms with Gasteiger partial charge in [0.1, 0.15) is 0 Å². The van der Waals surface area contributed by atoms with Crippen molar-refractivity contribution in [3.63, 3.8) is 0 Å². The van der Waals surface area contributed by atoms with Crippen LogP contribution in [0.2, 0.25) is 0 Å². The summed E-state index contributed by atoms with van der Waals surface area (Å²) in [5.41, 5.74) is 1.54. The molecule has 2 nitrogen and oxygen atoms in total. The van der Waals surface area contributed by atoms with Gasteiger partial charge in [0, 0.05) is 10.1 Å². The van der Waals surface area contributed by atoms with Crippen LogP contribution in [0.25, 0.3) is 10.1 Å². The van der Waals surface area contributed by atoms with Crippen molar-refractivity contribution in [2.75, 3.05) is 0 Å². The molecule has 4 heteroatoms. The molecule has 84 valence electrons. The Morgan fingerprint density at radius 3 is 2.69 bits per heavy atom. The van der Waals surface area contributed by atoms with Gasteiger partial charge in [-0.1, -0.05) is 19.9 Å². The number of carbonyl (C=O) groups is 1. The van der Waals surface area contributed by atoms with E-state index in [0.29, 0.717) is 15.3 Å². The van der Waals surface area contributed by atoms with Crippen LogP contribution < -0.4 is 0 Å². The number of rotatable bonds is 2. The fourth-order valence-electron chi connectivity index (χ4n) is 1.64. The topological polar surface area (TPSA) is 37.3 Å². The molecule has 0 aliphatic carbocycles. The van der Waals surface area contributed by atoms with Gasteiger partial charge in [-0.25, -0.2) is 4.79 Å². The third-order valence-corrected chi connectivity index (χ3v) is 4.39. The molecule has 16 heavy (non-hydrogen) atoms. The van der Waals surface area contributed by atoms with E-state index in [2.05, 4.69) is 35.8 Å². The van der Waals surface area contributed by atoms with Crippen LogP contribution >= 0.6 is 27.3 Å². The normalized spacial score (nSPS) is 11.2. The second-order valence-electron chi connectivity index (χ2n) is 3.97. The fraction of sp³-hybridized carbons (Fsp3) is 0.250. The van der Waals surface area contributed by atoms with E-state index in [1.54, 1.807) is 0 Å². The summed E-state index contributed by atoms with van der Waals surface area (Å²) >= 11 is 4.77. The smallest absolute Gasteiger partial charge is 0.338 e.